The van der Waals surface area contributed by atoms with E-state index >= 15 is 0 Å². The van der Waals surface area contributed by atoms with E-state index in [1.165, 1.54) is 12.1 Å². The molecule has 4 rings (SSSR count). The maximum absolute atomic E-state index is 12.4. The summed E-state index contributed by atoms with van der Waals surface area (Å²) in [7, 11) is 0. The summed E-state index contributed by atoms with van der Waals surface area (Å²) in [6, 6.07) is 8.43. The summed E-state index contributed by atoms with van der Waals surface area (Å²) in [6.07, 6.45) is 5.54. The molecule has 0 radical (unpaired) electrons. The van der Waals surface area contributed by atoms with Crippen LogP contribution in [0.5, 0.6) is 0 Å². The van der Waals surface area contributed by atoms with Gasteiger partial charge in [-0.1, -0.05) is 32.9 Å². The highest BCUT2D eigenvalue weighted by atomic mass is 16.1. The molecule has 3 aromatic rings. The second-order valence-corrected chi connectivity index (χ2v) is 8.30. The van der Waals surface area contributed by atoms with E-state index in [0.29, 0.717) is 28.7 Å². The average molecular weight is 377 g/mol. The van der Waals surface area contributed by atoms with Gasteiger partial charge in [-0.05, 0) is 30.4 Å². The molecule has 2 N–H and O–H groups in total. The molecule has 28 heavy (non-hydrogen) atoms. The minimum absolute atomic E-state index is 0.118. The molecule has 1 aromatic carbocycles. The molecule has 3 heterocycles. The smallest absolute Gasteiger partial charge is 0.255 e. The maximum atomic E-state index is 12.4. The molecule has 1 aliphatic heterocycles. The van der Waals surface area contributed by atoms with E-state index in [1.54, 1.807) is 12.4 Å². The van der Waals surface area contributed by atoms with Crippen molar-refractivity contribution in [3.63, 3.8) is 0 Å². The van der Waals surface area contributed by atoms with Gasteiger partial charge in [0.2, 0.25) is 0 Å². The van der Waals surface area contributed by atoms with Crippen molar-refractivity contribution in [1.29, 1.82) is 0 Å². The number of aromatic amines is 1. The normalized spacial score (nSPS) is 15.9. The summed E-state index contributed by atoms with van der Waals surface area (Å²) in [5.74, 6) is -0.118. The Labute approximate surface area is 165 Å². The monoisotopic (exact) mass is 377 g/mol. The third kappa shape index (κ3) is 3.59. The van der Waals surface area contributed by atoms with Crippen LogP contribution in [0.2, 0.25) is 0 Å². The second-order valence-electron chi connectivity index (χ2n) is 8.30. The van der Waals surface area contributed by atoms with E-state index in [9.17, 15) is 4.79 Å². The van der Waals surface area contributed by atoms with Crippen molar-refractivity contribution in [3.8, 4) is 11.3 Å². The van der Waals surface area contributed by atoms with Gasteiger partial charge in [0.15, 0.2) is 5.65 Å². The van der Waals surface area contributed by atoms with Gasteiger partial charge in [0.1, 0.15) is 5.52 Å². The zero-order valence-electron chi connectivity index (χ0n) is 16.7. The fraction of sp³-hybridized carbons (Fsp3) is 0.409. The molecule has 2 aromatic heterocycles. The van der Waals surface area contributed by atoms with Crippen LogP contribution in [0.25, 0.3) is 22.4 Å². The lowest BCUT2D eigenvalue weighted by Crippen LogP contribution is -2.23. The van der Waals surface area contributed by atoms with Crippen LogP contribution in [0, 0.1) is 5.41 Å². The minimum atomic E-state index is -0.118. The maximum Gasteiger partial charge on any atom is 0.255 e. The van der Waals surface area contributed by atoms with Crippen molar-refractivity contribution >= 4 is 22.8 Å². The Hall–Kier alpha value is -2.89. The number of nitrogens with one attached hydrogen (secondary N) is 2. The molecule has 1 saturated heterocycles. The number of fused-ring (bicyclic) bond motifs is 1. The van der Waals surface area contributed by atoms with Gasteiger partial charge in [-0.3, -0.25) is 4.79 Å². The number of hydrogen-bond donors (Lipinski definition) is 2. The van der Waals surface area contributed by atoms with Gasteiger partial charge in [0, 0.05) is 37.1 Å². The van der Waals surface area contributed by atoms with Crippen LogP contribution < -0.4 is 10.2 Å². The number of anilines is 1. The van der Waals surface area contributed by atoms with Gasteiger partial charge in [0.25, 0.3) is 5.91 Å². The van der Waals surface area contributed by atoms with E-state index < -0.39 is 0 Å². The first kappa shape index (κ1) is 18.5. The van der Waals surface area contributed by atoms with Gasteiger partial charge in [-0.15, -0.1) is 0 Å². The zero-order valence-corrected chi connectivity index (χ0v) is 16.7. The van der Waals surface area contributed by atoms with Crippen molar-refractivity contribution in [2.45, 2.75) is 33.6 Å². The van der Waals surface area contributed by atoms with Crippen LogP contribution in [0.3, 0.4) is 0 Å². The zero-order chi connectivity index (χ0) is 19.7. The Balaban J connectivity index is 1.66. The predicted molar refractivity (Wildman–Crippen MR) is 113 cm³/mol. The molecule has 1 amide bonds. The number of carbonyl (C=O) groups excluding carboxylic acids is 1. The number of nitrogens with zero attached hydrogens (tertiary/aromatic N) is 3. The fourth-order valence-corrected chi connectivity index (χ4v) is 3.73. The van der Waals surface area contributed by atoms with E-state index in [-0.39, 0.29) is 5.91 Å². The lowest BCUT2D eigenvalue weighted by atomic mass is 9.93. The van der Waals surface area contributed by atoms with E-state index in [4.69, 9.17) is 4.98 Å². The van der Waals surface area contributed by atoms with Gasteiger partial charge >= 0.3 is 0 Å². The van der Waals surface area contributed by atoms with Gasteiger partial charge < -0.3 is 15.2 Å². The van der Waals surface area contributed by atoms with E-state index in [0.717, 1.165) is 30.8 Å². The molecule has 1 aliphatic rings. The molecule has 0 unspecified atom stereocenters. The molecule has 0 atom stereocenters. The summed E-state index contributed by atoms with van der Waals surface area (Å²) < 4.78 is 0. The Morgan fingerprint density at radius 3 is 2.96 bits per heavy atom. The van der Waals surface area contributed by atoms with Gasteiger partial charge in [-0.2, -0.15) is 0 Å². The van der Waals surface area contributed by atoms with Crippen molar-refractivity contribution in [2.24, 2.45) is 5.41 Å². The standard InChI is InChI=1S/C22H27N5O/c1-4-9-23-21(28)17-12-24-20-19(17)26-18(13-25-20)15-6-5-7-16(11-15)27-10-8-22(2,3)14-27/h5-7,11-13H,4,8-10,14H2,1-3H3,(H,23,28)(H,24,25). The Bertz CT molecular complexity index is 1010. The third-order valence-electron chi connectivity index (χ3n) is 5.35. The second kappa shape index (κ2) is 7.26. The first-order valence-corrected chi connectivity index (χ1v) is 9.94. The first-order valence-electron chi connectivity index (χ1n) is 9.94. The molecule has 6 heteroatoms. The van der Waals surface area contributed by atoms with Crippen LogP contribution in [-0.2, 0) is 0 Å². The number of amides is 1. The third-order valence-corrected chi connectivity index (χ3v) is 5.35. The Morgan fingerprint density at radius 1 is 1.36 bits per heavy atom. The fourth-order valence-electron chi connectivity index (χ4n) is 3.73. The lowest BCUT2D eigenvalue weighted by molar-refractivity contribution is 0.0955. The summed E-state index contributed by atoms with van der Waals surface area (Å²) in [6.45, 7) is 9.43. The molecular formula is C22H27N5O. The van der Waals surface area contributed by atoms with Crippen molar-refractivity contribution < 1.29 is 4.79 Å². The SMILES string of the molecule is CCCNC(=O)c1c[nH]c2ncc(-c3cccc(N4CCC(C)(C)C4)c3)nc12. The van der Waals surface area contributed by atoms with Gasteiger partial charge in [0.05, 0.1) is 17.5 Å². The Kier molecular flexibility index (Phi) is 4.79. The summed E-state index contributed by atoms with van der Waals surface area (Å²) in [5.41, 5.74) is 5.12. The van der Waals surface area contributed by atoms with E-state index in [1.807, 2.05) is 13.0 Å². The number of carbonyl (C=O) groups is 1. The first-order chi connectivity index (χ1) is 13.5. The van der Waals surface area contributed by atoms with Crippen LogP contribution >= 0.6 is 0 Å². The van der Waals surface area contributed by atoms with Crippen molar-refractivity contribution in [3.05, 3.63) is 42.2 Å². The van der Waals surface area contributed by atoms with Crippen LogP contribution in [0.4, 0.5) is 5.69 Å². The predicted octanol–water partition coefficient (Wildman–Crippen LogP) is 4.00. The number of benzene rings is 1. The van der Waals surface area contributed by atoms with E-state index in [2.05, 4.69) is 52.2 Å². The number of aromatic nitrogens is 3. The quantitative estimate of drug-likeness (QED) is 0.705. The Morgan fingerprint density at radius 2 is 2.21 bits per heavy atom. The molecule has 0 bridgehead atoms. The van der Waals surface area contributed by atoms with Crippen LogP contribution in [-0.4, -0.2) is 40.5 Å². The van der Waals surface area contributed by atoms with Crippen LogP contribution in [0.1, 0.15) is 44.0 Å². The number of H-pyrrole nitrogens is 1. The highest BCUT2D eigenvalue weighted by Gasteiger charge is 2.29. The molecular weight excluding hydrogens is 350 g/mol. The van der Waals surface area contributed by atoms with Crippen LogP contribution in [0.15, 0.2) is 36.7 Å². The van der Waals surface area contributed by atoms with Crippen molar-refractivity contribution in [1.82, 2.24) is 20.3 Å². The number of hydrogen-bond acceptors (Lipinski definition) is 4. The summed E-state index contributed by atoms with van der Waals surface area (Å²) in [5, 5.41) is 2.91. The minimum Gasteiger partial charge on any atom is -0.371 e. The number of rotatable bonds is 5. The highest BCUT2D eigenvalue weighted by Crippen LogP contribution is 2.34. The molecule has 0 aliphatic carbocycles. The molecule has 6 nitrogen and oxygen atoms in total. The lowest BCUT2D eigenvalue weighted by Gasteiger charge is -2.22. The molecule has 1 fully saturated rings. The summed E-state index contributed by atoms with van der Waals surface area (Å²) >= 11 is 0. The molecule has 0 spiro atoms. The van der Waals surface area contributed by atoms with Crippen molar-refractivity contribution in [2.75, 3.05) is 24.5 Å². The average Bonchev–Trinajstić information content (AvgIpc) is 3.28. The topological polar surface area (TPSA) is 73.9 Å². The summed E-state index contributed by atoms with van der Waals surface area (Å²) in [4.78, 5) is 27.1. The largest absolute Gasteiger partial charge is 0.371 e. The highest BCUT2D eigenvalue weighted by molar-refractivity contribution is 6.04. The molecule has 146 valence electrons. The van der Waals surface area contributed by atoms with Gasteiger partial charge in [-0.25, -0.2) is 9.97 Å². The molecule has 0 saturated carbocycles.